The zero-order valence-corrected chi connectivity index (χ0v) is 47.3. The van der Waals surface area contributed by atoms with Crippen LogP contribution in [0, 0.1) is 0 Å². The highest BCUT2D eigenvalue weighted by atomic mass is 32.1. The van der Waals surface area contributed by atoms with Crippen LogP contribution < -0.4 is 33.6 Å². The highest BCUT2D eigenvalue weighted by Gasteiger charge is 2.14. The number of ether oxygens (including phenoxy) is 6. The molecule has 17 heteroatoms. The van der Waals surface area contributed by atoms with Gasteiger partial charge < -0.3 is 43.1 Å². The van der Waals surface area contributed by atoms with Crippen molar-refractivity contribution < 1.29 is 67.1 Å². The number of thiazole rings is 1. The van der Waals surface area contributed by atoms with Crippen LogP contribution in [-0.4, -0.2) is 75.0 Å². The average Bonchev–Trinajstić information content (AvgIpc) is 3.91. The van der Waals surface area contributed by atoms with Crippen molar-refractivity contribution in [1.82, 2.24) is 4.98 Å². The van der Waals surface area contributed by atoms with Crippen LogP contribution in [0.5, 0.6) is 34.5 Å². The lowest BCUT2D eigenvalue weighted by Crippen LogP contribution is -2.17. The van der Waals surface area contributed by atoms with Gasteiger partial charge in [-0.15, -0.1) is 0 Å². The minimum absolute atomic E-state index is 0.229. The van der Waals surface area contributed by atoms with E-state index in [1.165, 1.54) is 6.08 Å². The van der Waals surface area contributed by atoms with E-state index in [-0.39, 0.29) is 24.8 Å². The van der Waals surface area contributed by atoms with E-state index in [9.17, 15) is 19.2 Å². The van der Waals surface area contributed by atoms with Crippen molar-refractivity contribution in [2.24, 2.45) is 0 Å². The normalized spacial score (nSPS) is 11.0. The molecule has 4 aromatic carbocycles. The van der Waals surface area contributed by atoms with Gasteiger partial charge in [-0.2, -0.15) is 9.78 Å². The van der Waals surface area contributed by atoms with Gasteiger partial charge in [-0.3, -0.25) is 9.59 Å². The number of aromatic nitrogens is 1. The Morgan fingerprint density at radius 1 is 0.525 bits per heavy atom. The molecule has 0 saturated heterocycles. The summed E-state index contributed by atoms with van der Waals surface area (Å²) < 4.78 is 34.1. The third-order valence-electron chi connectivity index (χ3n) is 12.3. The summed E-state index contributed by atoms with van der Waals surface area (Å²) in [6.45, 7) is 12.3. The van der Waals surface area contributed by atoms with Crippen molar-refractivity contribution in [3.8, 4) is 34.5 Å². The number of esters is 4. The Hall–Kier alpha value is -7.21. The van der Waals surface area contributed by atoms with Crippen LogP contribution in [0.4, 0.5) is 5.13 Å². The summed E-state index contributed by atoms with van der Waals surface area (Å²) in [6.07, 6.45) is 22.3. The van der Waals surface area contributed by atoms with Crippen LogP contribution in [0.2, 0.25) is 0 Å². The largest absolute Gasteiger partial charge is 0.494 e. The first kappa shape index (κ1) is 63.6. The number of nitrogens with zero attached hydrogens (tertiary/aromatic N) is 2. The summed E-state index contributed by atoms with van der Waals surface area (Å²) in [6, 6.07) is 27.5. The Morgan fingerprint density at radius 2 is 1.02 bits per heavy atom. The predicted octanol–water partition coefficient (Wildman–Crippen LogP) is 14.6. The summed E-state index contributed by atoms with van der Waals surface area (Å²) in [5.41, 5.74) is 1.60. The third kappa shape index (κ3) is 26.6. The quantitative estimate of drug-likeness (QED) is 0.00898. The second-order valence-corrected chi connectivity index (χ2v) is 19.8. The molecule has 0 saturated carbocycles. The molecule has 0 aliphatic carbocycles. The molecule has 16 nitrogen and oxygen atoms in total. The van der Waals surface area contributed by atoms with E-state index >= 15 is 0 Å². The molecular weight excluding hydrogens is 1040 g/mol. The molecule has 1 heterocycles. The molecule has 0 aliphatic rings. The summed E-state index contributed by atoms with van der Waals surface area (Å²) in [4.78, 5) is 77.4. The smallest absolute Gasteiger partial charge is 0.330 e. The number of carbonyl (C=O) groups is 4. The fraction of sp³-hybridized carbons (Fsp3) is 0.444. The van der Waals surface area contributed by atoms with Crippen LogP contribution in [-0.2, 0) is 38.4 Å². The number of carbonyl (C=O) groups excluding carboxylic acids is 4. The molecule has 0 N–H and O–H groups in total. The number of rotatable bonds is 44. The first-order chi connectivity index (χ1) is 39.2. The number of para-hydroxylation sites is 1. The van der Waals surface area contributed by atoms with Crippen LogP contribution in [0.25, 0.3) is 16.3 Å². The second kappa shape index (κ2) is 39.2. The molecule has 0 radical (unpaired) electrons. The van der Waals surface area contributed by atoms with E-state index in [1.807, 2.05) is 42.6 Å². The number of unbranched alkanes of at least 4 members (excludes halogenated alkanes) is 13. The number of hydrogen-bond donors (Lipinski definition) is 0. The van der Waals surface area contributed by atoms with Crippen LogP contribution >= 0.6 is 11.3 Å². The molecule has 5 aromatic rings. The second-order valence-electron chi connectivity index (χ2n) is 18.8. The lowest BCUT2D eigenvalue weighted by Gasteiger charge is -2.17. The average molecular weight is 1120 g/mol. The maximum Gasteiger partial charge on any atom is 0.330 e. The number of benzene rings is 4. The van der Waals surface area contributed by atoms with Crippen molar-refractivity contribution >= 4 is 56.6 Å². The highest BCUT2D eigenvalue weighted by Crippen LogP contribution is 2.32. The maximum absolute atomic E-state index is 13.1. The highest BCUT2D eigenvalue weighted by molar-refractivity contribution is 7.22. The standard InChI is InChI=1S/C63H80N2O14S/c1-4-7-8-19-41-65(63-64-56-26-17-18-27-58(56)80-63)42-40-50-49-55(77-62(69)29-16-13-24-47-74-78-54-36-32-52(33-37-54)71-44-21-10-12-23-46-73-60(67)6-3)38-39-57(50)79-75-48-25-14-15-28-61(68)76-53-34-30-51(31-35-53)70-43-20-9-11-22-45-72-59(66)5-2/h5-6,17-18,26-27,30-40,42,49H,2-4,7-16,19-25,28-29,41,43-48H2,1H3/b42-40+. The Bertz CT molecular complexity index is 2590. The van der Waals surface area contributed by atoms with Crippen LogP contribution in [0.1, 0.15) is 141 Å². The van der Waals surface area contributed by atoms with E-state index in [4.69, 9.17) is 53.0 Å². The third-order valence-corrected chi connectivity index (χ3v) is 13.3. The molecule has 0 bridgehead atoms. The van der Waals surface area contributed by atoms with Crippen molar-refractivity contribution in [2.45, 2.75) is 135 Å². The van der Waals surface area contributed by atoms with Crippen molar-refractivity contribution in [3.63, 3.8) is 0 Å². The lowest BCUT2D eigenvalue weighted by atomic mass is 10.1. The van der Waals surface area contributed by atoms with Gasteiger partial charge in [-0.25, -0.2) is 14.6 Å². The van der Waals surface area contributed by atoms with Gasteiger partial charge in [-0.05, 0) is 168 Å². The van der Waals surface area contributed by atoms with E-state index < -0.39 is 11.9 Å². The molecule has 432 valence electrons. The van der Waals surface area contributed by atoms with E-state index in [0.29, 0.717) is 99.6 Å². The summed E-state index contributed by atoms with van der Waals surface area (Å²) in [5.74, 6) is 1.83. The van der Waals surface area contributed by atoms with Gasteiger partial charge in [0.25, 0.3) is 0 Å². The minimum Gasteiger partial charge on any atom is -0.494 e. The monoisotopic (exact) mass is 1120 g/mol. The predicted molar refractivity (Wildman–Crippen MR) is 311 cm³/mol. The maximum atomic E-state index is 13.1. The molecule has 0 atom stereocenters. The Labute approximate surface area is 475 Å². The minimum atomic E-state index is -0.401. The Balaban J connectivity index is 1.02. The summed E-state index contributed by atoms with van der Waals surface area (Å²) in [7, 11) is 0. The van der Waals surface area contributed by atoms with Crippen LogP contribution in [0.3, 0.4) is 0 Å². The molecule has 5 rings (SSSR count). The van der Waals surface area contributed by atoms with Crippen LogP contribution in [0.15, 0.2) is 123 Å². The first-order valence-electron chi connectivity index (χ1n) is 28.2. The van der Waals surface area contributed by atoms with Crippen molar-refractivity contribution in [1.29, 1.82) is 0 Å². The zero-order chi connectivity index (χ0) is 56.7. The van der Waals surface area contributed by atoms with Gasteiger partial charge in [0.1, 0.15) is 23.0 Å². The Morgan fingerprint density at radius 3 is 1.61 bits per heavy atom. The molecule has 1 aromatic heterocycles. The Kier molecular flexibility index (Phi) is 31.2. The zero-order valence-electron chi connectivity index (χ0n) is 46.5. The van der Waals surface area contributed by atoms with Crippen molar-refractivity contribution in [2.75, 3.05) is 51.1 Å². The van der Waals surface area contributed by atoms with Gasteiger partial charge in [0.05, 0.1) is 49.9 Å². The molecule has 0 unspecified atom stereocenters. The molecule has 0 spiro atoms. The topological polar surface area (TPSA) is 177 Å². The SMILES string of the molecule is C=CC(=O)OCCCCCCOc1ccc(OOCCCCCC(=O)Oc2ccc(OOCCCCCC(=O)Oc3ccc(OCCCCCCOC(=O)C=C)cc3)c(/C=C/N(CCCCCC)c3nc4ccccc4s3)c2)cc1. The molecule has 0 aliphatic heterocycles. The first-order valence-corrected chi connectivity index (χ1v) is 29.0. The van der Waals surface area contributed by atoms with Gasteiger partial charge in [0, 0.05) is 43.3 Å². The number of anilines is 1. The summed E-state index contributed by atoms with van der Waals surface area (Å²) >= 11 is 1.64. The fourth-order valence-electron chi connectivity index (χ4n) is 7.84. The van der Waals surface area contributed by atoms with Gasteiger partial charge in [0.2, 0.25) is 0 Å². The number of hydrogen-bond acceptors (Lipinski definition) is 17. The van der Waals surface area contributed by atoms with E-state index in [1.54, 1.807) is 65.9 Å². The van der Waals surface area contributed by atoms with E-state index in [2.05, 4.69) is 31.0 Å². The molecule has 0 fully saturated rings. The lowest BCUT2D eigenvalue weighted by molar-refractivity contribution is -0.207. The molecule has 80 heavy (non-hydrogen) atoms. The fourth-order valence-corrected chi connectivity index (χ4v) is 8.82. The van der Waals surface area contributed by atoms with Gasteiger partial charge >= 0.3 is 23.9 Å². The van der Waals surface area contributed by atoms with Gasteiger partial charge in [0.15, 0.2) is 16.6 Å². The van der Waals surface area contributed by atoms with Crippen molar-refractivity contribution in [3.05, 3.63) is 128 Å². The molecule has 0 amide bonds. The van der Waals surface area contributed by atoms with E-state index in [0.717, 1.165) is 124 Å². The van der Waals surface area contributed by atoms with Gasteiger partial charge in [-0.1, -0.05) is 75.7 Å². The summed E-state index contributed by atoms with van der Waals surface area (Å²) in [5, 5.41) is 0.883. The number of fused-ring (bicyclic) bond motifs is 1. The molecular formula is C63H80N2O14S.